The van der Waals surface area contributed by atoms with Gasteiger partial charge in [-0.15, -0.1) is 0 Å². The highest BCUT2D eigenvalue weighted by Gasteiger charge is 2.20. The molecule has 108 valence electrons. The lowest BCUT2D eigenvalue weighted by Crippen LogP contribution is -2.36. The van der Waals surface area contributed by atoms with Crippen molar-refractivity contribution in [2.75, 3.05) is 6.54 Å². The quantitative estimate of drug-likeness (QED) is 0.831. The summed E-state index contributed by atoms with van der Waals surface area (Å²) in [4.78, 5) is 14.2. The highest BCUT2D eigenvalue weighted by molar-refractivity contribution is 5.79. The van der Waals surface area contributed by atoms with Crippen LogP contribution in [0.25, 0.3) is 0 Å². The van der Waals surface area contributed by atoms with Crippen LogP contribution in [0, 0.1) is 0 Å². The van der Waals surface area contributed by atoms with E-state index >= 15 is 0 Å². The van der Waals surface area contributed by atoms with Crippen molar-refractivity contribution in [1.29, 1.82) is 0 Å². The smallest absolute Gasteiger partial charge is 0.227 e. The minimum atomic E-state index is -0.190. The largest absolute Gasteiger partial charge is 0.504 e. The molecule has 0 aliphatic carbocycles. The van der Waals surface area contributed by atoms with Crippen LogP contribution in [0.1, 0.15) is 16.7 Å². The van der Waals surface area contributed by atoms with Gasteiger partial charge in [0.25, 0.3) is 0 Å². The number of amides is 1. The molecular weight excluding hydrogens is 266 g/mol. The van der Waals surface area contributed by atoms with Gasteiger partial charge >= 0.3 is 0 Å². The lowest BCUT2D eigenvalue weighted by Gasteiger charge is -2.29. The maximum absolute atomic E-state index is 12.4. The summed E-state index contributed by atoms with van der Waals surface area (Å²) < 4.78 is 0. The molecule has 4 nitrogen and oxygen atoms in total. The van der Waals surface area contributed by atoms with Crippen molar-refractivity contribution in [3.8, 4) is 11.5 Å². The second kappa shape index (κ2) is 5.48. The first-order valence-electron chi connectivity index (χ1n) is 6.99. The van der Waals surface area contributed by atoms with Crippen LogP contribution in [0.3, 0.4) is 0 Å². The summed E-state index contributed by atoms with van der Waals surface area (Å²) in [5.74, 6) is -0.322. The molecule has 21 heavy (non-hydrogen) atoms. The predicted octanol–water partition coefficient (Wildman–Crippen LogP) is 2.23. The maximum Gasteiger partial charge on any atom is 0.227 e. The van der Waals surface area contributed by atoms with E-state index in [9.17, 15) is 15.0 Å². The van der Waals surface area contributed by atoms with Crippen molar-refractivity contribution in [3.63, 3.8) is 0 Å². The van der Waals surface area contributed by atoms with E-state index in [1.165, 1.54) is 23.3 Å². The number of phenolic OH excluding ortho intramolecular Hbond substituents is 2. The first kappa shape index (κ1) is 13.5. The number of benzene rings is 2. The summed E-state index contributed by atoms with van der Waals surface area (Å²) in [6, 6.07) is 12.7. The fourth-order valence-electron chi connectivity index (χ4n) is 2.67. The number of aromatic hydroxyl groups is 2. The average molecular weight is 283 g/mol. The highest BCUT2D eigenvalue weighted by atomic mass is 16.3. The molecule has 0 bridgehead atoms. The Kier molecular flexibility index (Phi) is 3.52. The zero-order chi connectivity index (χ0) is 14.8. The maximum atomic E-state index is 12.4. The van der Waals surface area contributed by atoms with E-state index in [4.69, 9.17) is 0 Å². The first-order chi connectivity index (χ1) is 10.1. The topological polar surface area (TPSA) is 60.8 Å². The lowest BCUT2D eigenvalue weighted by molar-refractivity contribution is -0.131. The third-order valence-corrected chi connectivity index (χ3v) is 3.88. The van der Waals surface area contributed by atoms with Gasteiger partial charge in [0, 0.05) is 13.1 Å². The summed E-state index contributed by atoms with van der Waals surface area (Å²) in [5.41, 5.74) is 3.21. The molecule has 0 radical (unpaired) electrons. The van der Waals surface area contributed by atoms with Gasteiger partial charge in [0.2, 0.25) is 5.91 Å². The van der Waals surface area contributed by atoms with Gasteiger partial charge in [-0.3, -0.25) is 4.79 Å². The van der Waals surface area contributed by atoms with Crippen LogP contribution in [-0.2, 0) is 24.2 Å². The Bertz CT molecular complexity index is 681. The molecule has 0 unspecified atom stereocenters. The monoisotopic (exact) mass is 283 g/mol. The molecule has 2 aromatic rings. The molecule has 1 aliphatic heterocycles. The second-order valence-electron chi connectivity index (χ2n) is 5.33. The zero-order valence-corrected chi connectivity index (χ0v) is 11.6. The summed E-state index contributed by atoms with van der Waals surface area (Å²) in [6.07, 6.45) is 1.11. The summed E-state index contributed by atoms with van der Waals surface area (Å²) in [5, 5.41) is 18.8. The number of nitrogens with zero attached hydrogens (tertiary/aromatic N) is 1. The fourth-order valence-corrected chi connectivity index (χ4v) is 2.67. The molecule has 0 fully saturated rings. The minimum absolute atomic E-state index is 0.0367. The number of fused-ring (bicyclic) bond motifs is 1. The van der Waals surface area contributed by atoms with Crippen molar-refractivity contribution in [2.24, 2.45) is 0 Å². The zero-order valence-electron chi connectivity index (χ0n) is 11.6. The third-order valence-electron chi connectivity index (χ3n) is 3.88. The molecule has 0 saturated carbocycles. The van der Waals surface area contributed by atoms with E-state index in [-0.39, 0.29) is 23.8 Å². The Morgan fingerprint density at radius 3 is 2.57 bits per heavy atom. The van der Waals surface area contributed by atoms with E-state index in [2.05, 4.69) is 12.1 Å². The second-order valence-corrected chi connectivity index (χ2v) is 5.33. The van der Waals surface area contributed by atoms with E-state index in [0.717, 1.165) is 13.0 Å². The Labute approximate surface area is 123 Å². The summed E-state index contributed by atoms with van der Waals surface area (Å²) in [7, 11) is 0. The van der Waals surface area contributed by atoms with Crippen molar-refractivity contribution in [2.45, 2.75) is 19.4 Å². The molecule has 3 rings (SSSR count). The van der Waals surface area contributed by atoms with Crippen LogP contribution < -0.4 is 0 Å². The van der Waals surface area contributed by atoms with Crippen molar-refractivity contribution in [3.05, 3.63) is 59.2 Å². The Balaban J connectivity index is 1.70. The molecule has 0 saturated heterocycles. The van der Waals surface area contributed by atoms with Crippen LogP contribution in [0.5, 0.6) is 11.5 Å². The molecule has 2 N–H and O–H groups in total. The number of phenols is 2. The van der Waals surface area contributed by atoms with E-state index in [1.807, 2.05) is 17.0 Å². The number of carbonyl (C=O) groups is 1. The molecule has 0 spiro atoms. The Morgan fingerprint density at radius 1 is 1.05 bits per heavy atom. The molecule has 1 aliphatic rings. The number of carbonyl (C=O) groups excluding carboxylic acids is 1. The third kappa shape index (κ3) is 2.84. The van der Waals surface area contributed by atoms with Gasteiger partial charge in [-0.05, 0) is 35.2 Å². The van der Waals surface area contributed by atoms with E-state index in [0.29, 0.717) is 12.1 Å². The van der Waals surface area contributed by atoms with E-state index in [1.54, 1.807) is 6.07 Å². The van der Waals surface area contributed by atoms with Gasteiger partial charge in [0.1, 0.15) is 0 Å². The molecule has 0 aromatic heterocycles. The van der Waals surface area contributed by atoms with Crippen molar-refractivity contribution >= 4 is 5.91 Å². The normalized spacial score (nSPS) is 13.8. The van der Waals surface area contributed by atoms with Gasteiger partial charge < -0.3 is 15.1 Å². The van der Waals surface area contributed by atoms with Crippen LogP contribution in [0.4, 0.5) is 0 Å². The van der Waals surface area contributed by atoms with Crippen LogP contribution in [-0.4, -0.2) is 27.6 Å². The van der Waals surface area contributed by atoms with Gasteiger partial charge in [-0.25, -0.2) is 0 Å². The van der Waals surface area contributed by atoms with E-state index < -0.39 is 0 Å². The predicted molar refractivity (Wildman–Crippen MR) is 79.0 cm³/mol. The molecule has 1 heterocycles. The first-order valence-corrected chi connectivity index (χ1v) is 6.99. The fraction of sp³-hybridized carbons (Fsp3) is 0.235. The van der Waals surface area contributed by atoms with Crippen LogP contribution in [0.15, 0.2) is 42.5 Å². The number of hydrogen-bond donors (Lipinski definition) is 2. The standard InChI is InChI=1S/C17H17NO3/c19-15-6-5-12(9-16(15)20)10-17(21)18-8-7-13-3-1-2-4-14(13)11-18/h1-6,9,19-20H,7-8,10-11H2. The minimum Gasteiger partial charge on any atom is -0.504 e. The molecule has 1 amide bonds. The van der Waals surface area contributed by atoms with Gasteiger partial charge in [-0.1, -0.05) is 30.3 Å². The Morgan fingerprint density at radius 2 is 1.81 bits per heavy atom. The summed E-state index contributed by atoms with van der Waals surface area (Å²) in [6.45, 7) is 1.36. The van der Waals surface area contributed by atoms with Gasteiger partial charge in [0.15, 0.2) is 11.5 Å². The lowest BCUT2D eigenvalue weighted by atomic mass is 9.99. The van der Waals surface area contributed by atoms with Crippen LogP contribution in [0.2, 0.25) is 0 Å². The molecule has 2 aromatic carbocycles. The Hall–Kier alpha value is -2.49. The summed E-state index contributed by atoms with van der Waals surface area (Å²) >= 11 is 0. The van der Waals surface area contributed by atoms with Crippen LogP contribution >= 0.6 is 0 Å². The van der Waals surface area contributed by atoms with Crippen molar-refractivity contribution < 1.29 is 15.0 Å². The van der Waals surface area contributed by atoms with Gasteiger partial charge in [-0.2, -0.15) is 0 Å². The molecule has 4 heteroatoms. The van der Waals surface area contributed by atoms with Crippen molar-refractivity contribution in [1.82, 2.24) is 4.90 Å². The number of rotatable bonds is 2. The SMILES string of the molecule is O=C(Cc1ccc(O)c(O)c1)N1CCc2ccccc2C1. The highest BCUT2D eigenvalue weighted by Crippen LogP contribution is 2.26. The van der Waals surface area contributed by atoms with Gasteiger partial charge in [0.05, 0.1) is 6.42 Å². The number of hydrogen-bond acceptors (Lipinski definition) is 3. The molecular formula is C17H17NO3. The molecule has 0 atom stereocenters. The average Bonchev–Trinajstić information content (AvgIpc) is 2.50.